The molecule has 0 aliphatic heterocycles. The van der Waals surface area contributed by atoms with Gasteiger partial charge in [0.05, 0.1) is 11.1 Å². The molecule has 168 valence electrons. The average molecular weight is 470 g/mol. The van der Waals surface area contributed by atoms with Crippen molar-refractivity contribution in [1.29, 1.82) is 0 Å². The van der Waals surface area contributed by atoms with Crippen molar-refractivity contribution in [2.24, 2.45) is 0 Å². The molecule has 0 aliphatic rings. The van der Waals surface area contributed by atoms with Gasteiger partial charge in [0, 0.05) is 19.7 Å². The number of benzene rings is 1. The Hall–Kier alpha value is -2.12. The van der Waals surface area contributed by atoms with Crippen molar-refractivity contribution in [3.8, 4) is 5.75 Å². The summed E-state index contributed by atoms with van der Waals surface area (Å²) in [5.41, 5.74) is -6.72. The molecule has 1 aromatic heterocycles. The molecule has 1 atom stereocenters. The lowest BCUT2D eigenvalue weighted by molar-refractivity contribution is -0.160. The number of fused-ring (bicyclic) bond motifs is 1. The molecule has 1 heterocycles. The van der Waals surface area contributed by atoms with Crippen LogP contribution in [0, 0.1) is 6.92 Å². The molecule has 0 bridgehead atoms. The molecule has 8 nitrogen and oxygen atoms in total. The first-order valence-electron chi connectivity index (χ1n) is 8.47. The number of carbonyl (C=O) groups is 1. The first-order chi connectivity index (χ1) is 13.4. The first kappa shape index (κ1) is 24.2. The molecule has 0 fully saturated rings. The lowest BCUT2D eigenvalue weighted by Gasteiger charge is -2.27. The minimum atomic E-state index is -6.08. The standard InChI is InChI=1S/C17H21F3N2O6S2/c1-8-7-9-13(29-15(21-9)22(5)6)11(28-30(25,26)17(18,19)20)10(8)12(14(23)24)27-16(2,3)4/h7,12H,1-6H3,(H,23,24)/t12-/m0/s1. The van der Waals surface area contributed by atoms with E-state index in [9.17, 15) is 31.5 Å². The SMILES string of the molecule is Cc1cc2nc(N(C)C)sc2c(OS(=O)(=O)C(F)(F)F)c1[C@H](OC(C)(C)C)C(=O)O. The van der Waals surface area contributed by atoms with E-state index in [1.165, 1.54) is 13.0 Å². The van der Waals surface area contributed by atoms with Gasteiger partial charge in [-0.05, 0) is 39.3 Å². The Balaban J connectivity index is 2.89. The highest BCUT2D eigenvalue weighted by Gasteiger charge is 2.49. The zero-order chi connectivity index (χ0) is 23.2. The molecule has 30 heavy (non-hydrogen) atoms. The number of anilines is 1. The molecule has 1 aromatic carbocycles. The fourth-order valence-corrected chi connectivity index (χ4v) is 4.01. The number of hydrogen-bond acceptors (Lipinski definition) is 8. The van der Waals surface area contributed by atoms with Gasteiger partial charge in [0.2, 0.25) is 0 Å². The fraction of sp³-hybridized carbons (Fsp3) is 0.529. The third-order valence-corrected chi connectivity index (χ3v) is 5.88. The highest BCUT2D eigenvalue weighted by Crippen LogP contribution is 2.45. The summed E-state index contributed by atoms with van der Waals surface area (Å²) in [5.74, 6) is -2.27. The third kappa shape index (κ3) is 4.95. The monoisotopic (exact) mass is 470 g/mol. The highest BCUT2D eigenvalue weighted by atomic mass is 32.2. The number of thiazole rings is 1. The molecular formula is C17H21F3N2O6S2. The van der Waals surface area contributed by atoms with Crippen LogP contribution in [0.3, 0.4) is 0 Å². The number of hydrogen-bond donors (Lipinski definition) is 1. The van der Waals surface area contributed by atoms with Crippen molar-refractivity contribution in [3.63, 3.8) is 0 Å². The third-order valence-electron chi connectivity index (χ3n) is 3.69. The Morgan fingerprint density at radius 1 is 1.27 bits per heavy atom. The smallest absolute Gasteiger partial charge is 0.479 e. The Labute approximate surface area is 175 Å². The molecule has 13 heteroatoms. The number of aliphatic carboxylic acids is 1. The van der Waals surface area contributed by atoms with Gasteiger partial charge in [-0.2, -0.15) is 21.6 Å². The quantitative estimate of drug-likeness (QED) is 0.501. The van der Waals surface area contributed by atoms with Crippen LogP contribution in [0.5, 0.6) is 5.75 Å². The molecule has 1 N–H and O–H groups in total. The molecular weight excluding hydrogens is 449 g/mol. The largest absolute Gasteiger partial charge is 0.534 e. The number of halogens is 3. The van der Waals surface area contributed by atoms with Crippen LogP contribution in [-0.4, -0.2) is 49.7 Å². The Morgan fingerprint density at radius 3 is 2.27 bits per heavy atom. The van der Waals surface area contributed by atoms with Crippen LogP contribution >= 0.6 is 11.3 Å². The van der Waals surface area contributed by atoms with Crippen LogP contribution in [-0.2, 0) is 19.6 Å². The van der Waals surface area contributed by atoms with E-state index >= 15 is 0 Å². The molecule has 0 radical (unpaired) electrons. The summed E-state index contributed by atoms with van der Waals surface area (Å²) < 4.78 is 72.6. The van der Waals surface area contributed by atoms with E-state index in [-0.39, 0.29) is 21.3 Å². The lowest BCUT2D eigenvalue weighted by atomic mass is 10.0. The van der Waals surface area contributed by atoms with Crippen LogP contribution in [0.4, 0.5) is 18.3 Å². The molecule has 2 aromatic rings. The topological polar surface area (TPSA) is 106 Å². The number of aromatic nitrogens is 1. The van der Waals surface area contributed by atoms with Gasteiger partial charge in [-0.1, -0.05) is 11.3 Å². The van der Waals surface area contributed by atoms with Gasteiger partial charge in [-0.25, -0.2) is 9.78 Å². The van der Waals surface area contributed by atoms with E-state index in [0.29, 0.717) is 5.13 Å². The summed E-state index contributed by atoms with van der Waals surface area (Å²) in [5, 5.41) is 10.1. The molecule has 2 rings (SSSR count). The minimum Gasteiger partial charge on any atom is -0.479 e. The van der Waals surface area contributed by atoms with Crippen LogP contribution in [0.1, 0.15) is 38.0 Å². The van der Waals surface area contributed by atoms with Gasteiger partial charge in [0.15, 0.2) is 17.0 Å². The molecule has 0 aliphatic carbocycles. The zero-order valence-electron chi connectivity index (χ0n) is 17.0. The fourth-order valence-electron chi connectivity index (χ4n) is 2.51. The predicted octanol–water partition coefficient (Wildman–Crippen LogP) is 3.84. The summed E-state index contributed by atoms with van der Waals surface area (Å²) in [6, 6.07) is 1.45. The van der Waals surface area contributed by atoms with E-state index in [0.717, 1.165) is 11.3 Å². The second kappa shape index (κ2) is 7.85. The summed E-state index contributed by atoms with van der Waals surface area (Å²) in [6.07, 6.45) is -1.78. The summed E-state index contributed by atoms with van der Waals surface area (Å²) in [7, 11) is -2.80. The summed E-state index contributed by atoms with van der Waals surface area (Å²) >= 11 is 0.863. The molecule has 0 unspecified atom stereocenters. The number of alkyl halides is 3. The van der Waals surface area contributed by atoms with E-state index < -0.39 is 39.1 Å². The maximum absolute atomic E-state index is 13.0. The second-order valence-corrected chi connectivity index (χ2v) is 10.1. The van der Waals surface area contributed by atoms with Crippen molar-refractivity contribution in [2.45, 2.75) is 44.9 Å². The van der Waals surface area contributed by atoms with Gasteiger partial charge in [-0.3, -0.25) is 0 Å². The van der Waals surface area contributed by atoms with E-state index in [4.69, 9.17) is 4.74 Å². The van der Waals surface area contributed by atoms with Gasteiger partial charge in [-0.15, -0.1) is 0 Å². The Morgan fingerprint density at radius 2 is 1.83 bits per heavy atom. The predicted molar refractivity (Wildman–Crippen MR) is 106 cm³/mol. The number of ether oxygens (including phenoxy) is 1. The summed E-state index contributed by atoms with van der Waals surface area (Å²) in [6.45, 7) is 6.08. The number of nitrogens with zero attached hydrogens (tertiary/aromatic N) is 2. The van der Waals surface area contributed by atoms with Gasteiger partial charge < -0.3 is 18.9 Å². The minimum absolute atomic E-state index is 0.0455. The van der Waals surface area contributed by atoms with Crippen molar-refractivity contribution >= 4 is 42.8 Å². The second-order valence-electron chi connectivity index (χ2n) is 7.61. The number of rotatable bonds is 6. The molecule has 0 saturated heterocycles. The van der Waals surface area contributed by atoms with E-state index in [2.05, 4.69) is 9.17 Å². The van der Waals surface area contributed by atoms with Gasteiger partial charge in [0.1, 0.15) is 4.70 Å². The van der Waals surface area contributed by atoms with Gasteiger partial charge in [0.25, 0.3) is 0 Å². The van der Waals surface area contributed by atoms with Crippen LogP contribution in [0.2, 0.25) is 0 Å². The number of carboxylic acids is 1. The molecule has 0 amide bonds. The molecule has 0 spiro atoms. The average Bonchev–Trinajstić information content (AvgIpc) is 2.95. The Kier molecular flexibility index (Phi) is 6.32. The highest BCUT2D eigenvalue weighted by molar-refractivity contribution is 7.88. The Bertz CT molecular complexity index is 1070. The van der Waals surface area contributed by atoms with Gasteiger partial charge >= 0.3 is 21.6 Å². The van der Waals surface area contributed by atoms with Crippen molar-refractivity contribution in [2.75, 3.05) is 19.0 Å². The lowest BCUT2D eigenvalue weighted by Crippen LogP contribution is -2.31. The van der Waals surface area contributed by atoms with Crippen molar-refractivity contribution < 1.29 is 40.4 Å². The van der Waals surface area contributed by atoms with Crippen LogP contribution in [0.25, 0.3) is 10.2 Å². The first-order valence-corrected chi connectivity index (χ1v) is 10.7. The maximum Gasteiger partial charge on any atom is 0.534 e. The summed E-state index contributed by atoms with van der Waals surface area (Å²) in [4.78, 5) is 17.7. The van der Waals surface area contributed by atoms with Crippen LogP contribution in [0.15, 0.2) is 6.07 Å². The van der Waals surface area contributed by atoms with Crippen molar-refractivity contribution in [1.82, 2.24) is 4.98 Å². The zero-order valence-corrected chi connectivity index (χ0v) is 18.6. The molecule has 0 saturated carbocycles. The van der Waals surface area contributed by atoms with Crippen LogP contribution < -0.4 is 9.08 Å². The normalized spacial score (nSPS) is 14.0. The van der Waals surface area contributed by atoms with E-state index in [1.807, 2.05) is 0 Å². The van der Waals surface area contributed by atoms with E-state index in [1.54, 1.807) is 39.8 Å². The number of aryl methyl sites for hydroxylation is 1. The van der Waals surface area contributed by atoms with Crippen molar-refractivity contribution in [3.05, 3.63) is 17.2 Å². The maximum atomic E-state index is 13.0. The number of carboxylic acid groups (broad SMARTS) is 1.